The third-order valence-corrected chi connectivity index (χ3v) is 3.82. The summed E-state index contributed by atoms with van der Waals surface area (Å²) in [5, 5.41) is 0. The lowest BCUT2D eigenvalue weighted by Crippen LogP contribution is -2.11. The molecule has 0 saturated heterocycles. The lowest BCUT2D eigenvalue weighted by atomic mass is 10.0. The average molecular weight is 267 g/mol. The molecule has 20 heavy (non-hydrogen) atoms. The van der Waals surface area contributed by atoms with E-state index in [2.05, 4.69) is 24.3 Å². The summed E-state index contributed by atoms with van der Waals surface area (Å²) in [6, 6.07) is 18.6. The topological polar surface area (TPSA) is 35.2 Å². The van der Waals surface area contributed by atoms with E-state index in [1.165, 1.54) is 24.0 Å². The fourth-order valence-corrected chi connectivity index (χ4v) is 2.42. The van der Waals surface area contributed by atoms with Gasteiger partial charge in [-0.15, -0.1) is 0 Å². The van der Waals surface area contributed by atoms with Crippen LogP contribution in [0.2, 0.25) is 0 Å². The average Bonchev–Trinajstić information content (AvgIpc) is 3.30. The zero-order valence-electron chi connectivity index (χ0n) is 11.7. The smallest absolute Gasteiger partial charge is 0.120 e. The molecule has 0 unspecified atom stereocenters. The van der Waals surface area contributed by atoms with Crippen LogP contribution in [0.1, 0.15) is 36.4 Å². The highest BCUT2D eigenvalue weighted by atomic mass is 16.5. The molecule has 0 radical (unpaired) electrons. The van der Waals surface area contributed by atoms with Gasteiger partial charge in [0.2, 0.25) is 0 Å². The van der Waals surface area contributed by atoms with Crippen LogP contribution in [0, 0.1) is 5.92 Å². The Bertz CT molecular complexity index is 548. The highest BCUT2D eigenvalue weighted by Gasteiger charge is 2.24. The number of hydrogen-bond donors (Lipinski definition) is 1. The van der Waals surface area contributed by atoms with Gasteiger partial charge in [0.15, 0.2) is 0 Å². The van der Waals surface area contributed by atoms with Crippen molar-refractivity contribution in [3.63, 3.8) is 0 Å². The Morgan fingerprint density at radius 2 is 1.85 bits per heavy atom. The van der Waals surface area contributed by atoms with Crippen molar-refractivity contribution in [3.8, 4) is 5.75 Å². The standard InChI is InChI=1S/C18H21NO/c19-18(11-14-9-10-14)16-7-4-8-17(12-16)20-13-15-5-2-1-3-6-15/h1-8,12,14,18H,9-11,13,19H2/t18-/m0/s1. The van der Waals surface area contributed by atoms with E-state index in [0.29, 0.717) is 6.61 Å². The van der Waals surface area contributed by atoms with Gasteiger partial charge in [0, 0.05) is 6.04 Å². The van der Waals surface area contributed by atoms with Gasteiger partial charge >= 0.3 is 0 Å². The molecule has 2 heteroatoms. The van der Waals surface area contributed by atoms with Crippen molar-refractivity contribution in [3.05, 3.63) is 65.7 Å². The summed E-state index contributed by atoms with van der Waals surface area (Å²) in [7, 11) is 0. The quantitative estimate of drug-likeness (QED) is 0.856. The molecule has 2 nitrogen and oxygen atoms in total. The number of benzene rings is 2. The molecule has 0 amide bonds. The Kier molecular flexibility index (Phi) is 4.03. The van der Waals surface area contributed by atoms with E-state index in [1.54, 1.807) is 0 Å². The SMILES string of the molecule is N[C@@H](CC1CC1)c1cccc(OCc2ccccc2)c1. The van der Waals surface area contributed by atoms with E-state index in [4.69, 9.17) is 10.5 Å². The molecule has 2 N–H and O–H groups in total. The maximum absolute atomic E-state index is 6.26. The summed E-state index contributed by atoms with van der Waals surface area (Å²) < 4.78 is 5.85. The molecule has 1 aliphatic carbocycles. The Hall–Kier alpha value is -1.80. The summed E-state index contributed by atoms with van der Waals surface area (Å²) in [6.45, 7) is 0.599. The van der Waals surface area contributed by atoms with Crippen LogP contribution in [-0.4, -0.2) is 0 Å². The van der Waals surface area contributed by atoms with Gasteiger partial charge in [-0.3, -0.25) is 0 Å². The zero-order valence-corrected chi connectivity index (χ0v) is 11.7. The van der Waals surface area contributed by atoms with Crippen LogP contribution < -0.4 is 10.5 Å². The number of ether oxygens (including phenoxy) is 1. The van der Waals surface area contributed by atoms with Gasteiger partial charge in [-0.1, -0.05) is 55.3 Å². The first kappa shape index (κ1) is 13.2. The molecular weight excluding hydrogens is 246 g/mol. The van der Waals surface area contributed by atoms with Crippen molar-refractivity contribution in [2.45, 2.75) is 31.9 Å². The monoisotopic (exact) mass is 267 g/mol. The normalized spacial score (nSPS) is 15.8. The van der Waals surface area contributed by atoms with Crippen LogP contribution in [0.5, 0.6) is 5.75 Å². The summed E-state index contributed by atoms with van der Waals surface area (Å²) in [5.74, 6) is 1.75. The maximum Gasteiger partial charge on any atom is 0.120 e. The van der Waals surface area contributed by atoms with Gasteiger partial charge in [0.05, 0.1) is 0 Å². The van der Waals surface area contributed by atoms with Crippen molar-refractivity contribution in [2.75, 3.05) is 0 Å². The first-order valence-electron chi connectivity index (χ1n) is 7.33. The highest BCUT2D eigenvalue weighted by Crippen LogP contribution is 2.37. The predicted octanol–water partition coefficient (Wildman–Crippen LogP) is 4.07. The number of rotatable bonds is 6. The van der Waals surface area contributed by atoms with E-state index in [0.717, 1.165) is 18.1 Å². The van der Waals surface area contributed by atoms with Gasteiger partial charge in [-0.25, -0.2) is 0 Å². The summed E-state index contributed by atoms with van der Waals surface area (Å²) in [5.41, 5.74) is 8.62. The van der Waals surface area contributed by atoms with E-state index in [1.807, 2.05) is 30.3 Å². The van der Waals surface area contributed by atoms with Crippen molar-refractivity contribution < 1.29 is 4.74 Å². The first-order chi connectivity index (χ1) is 9.81. The highest BCUT2D eigenvalue weighted by molar-refractivity contribution is 5.31. The summed E-state index contributed by atoms with van der Waals surface area (Å²) >= 11 is 0. The van der Waals surface area contributed by atoms with Gasteiger partial charge in [-0.2, -0.15) is 0 Å². The van der Waals surface area contributed by atoms with Crippen LogP contribution >= 0.6 is 0 Å². The molecule has 1 aliphatic rings. The minimum Gasteiger partial charge on any atom is -0.489 e. The number of nitrogens with two attached hydrogens (primary N) is 1. The van der Waals surface area contributed by atoms with Gasteiger partial charge in [0.1, 0.15) is 12.4 Å². The lowest BCUT2D eigenvalue weighted by molar-refractivity contribution is 0.305. The van der Waals surface area contributed by atoms with Crippen LogP contribution in [0.3, 0.4) is 0 Å². The summed E-state index contributed by atoms with van der Waals surface area (Å²) in [4.78, 5) is 0. The van der Waals surface area contributed by atoms with Crippen LogP contribution in [0.25, 0.3) is 0 Å². The molecule has 0 aromatic heterocycles. The minimum atomic E-state index is 0.141. The number of hydrogen-bond acceptors (Lipinski definition) is 2. The van der Waals surface area contributed by atoms with Crippen LogP contribution in [0.15, 0.2) is 54.6 Å². The third-order valence-electron chi connectivity index (χ3n) is 3.82. The van der Waals surface area contributed by atoms with Crippen molar-refractivity contribution in [1.29, 1.82) is 0 Å². The fourth-order valence-electron chi connectivity index (χ4n) is 2.42. The van der Waals surface area contributed by atoms with Crippen LogP contribution in [-0.2, 0) is 6.61 Å². The van der Waals surface area contributed by atoms with Gasteiger partial charge < -0.3 is 10.5 Å². The molecule has 104 valence electrons. The molecule has 1 fully saturated rings. The Labute approximate surface area is 120 Å². The molecule has 0 heterocycles. The van der Waals surface area contributed by atoms with E-state index in [-0.39, 0.29) is 6.04 Å². The lowest BCUT2D eigenvalue weighted by Gasteiger charge is -2.13. The molecule has 0 aliphatic heterocycles. The Morgan fingerprint density at radius 3 is 2.60 bits per heavy atom. The van der Waals surface area contributed by atoms with Crippen molar-refractivity contribution in [2.24, 2.45) is 11.7 Å². The largest absolute Gasteiger partial charge is 0.489 e. The van der Waals surface area contributed by atoms with Crippen molar-refractivity contribution in [1.82, 2.24) is 0 Å². The molecule has 2 aromatic carbocycles. The Morgan fingerprint density at radius 1 is 1.05 bits per heavy atom. The van der Waals surface area contributed by atoms with Gasteiger partial charge in [0.25, 0.3) is 0 Å². The van der Waals surface area contributed by atoms with Gasteiger partial charge in [-0.05, 0) is 35.6 Å². The molecule has 2 aromatic rings. The van der Waals surface area contributed by atoms with Crippen LogP contribution in [0.4, 0.5) is 0 Å². The second-order valence-electron chi connectivity index (χ2n) is 5.63. The van der Waals surface area contributed by atoms with E-state index < -0.39 is 0 Å². The first-order valence-corrected chi connectivity index (χ1v) is 7.33. The van der Waals surface area contributed by atoms with E-state index in [9.17, 15) is 0 Å². The summed E-state index contributed by atoms with van der Waals surface area (Å²) in [6.07, 6.45) is 3.79. The zero-order chi connectivity index (χ0) is 13.8. The molecule has 0 spiro atoms. The van der Waals surface area contributed by atoms with E-state index >= 15 is 0 Å². The molecular formula is C18H21NO. The molecule has 0 bridgehead atoms. The maximum atomic E-state index is 6.26. The van der Waals surface area contributed by atoms with Crippen molar-refractivity contribution >= 4 is 0 Å². The second kappa shape index (κ2) is 6.10. The molecule has 1 atom stereocenters. The predicted molar refractivity (Wildman–Crippen MR) is 81.5 cm³/mol. The minimum absolute atomic E-state index is 0.141. The second-order valence-corrected chi connectivity index (χ2v) is 5.63. The molecule has 1 saturated carbocycles. The fraction of sp³-hybridized carbons (Fsp3) is 0.333. The molecule has 3 rings (SSSR count). The Balaban J connectivity index is 1.61. The third kappa shape index (κ3) is 3.61.